The van der Waals surface area contributed by atoms with Crippen LogP contribution in [-0.2, 0) is 4.79 Å². The predicted molar refractivity (Wildman–Crippen MR) is 75.5 cm³/mol. The molecular weight excluding hydrogens is 273 g/mol. The molecule has 0 spiro atoms. The van der Waals surface area contributed by atoms with Crippen LogP contribution in [0.5, 0.6) is 0 Å². The molecule has 0 aliphatic heterocycles. The third kappa shape index (κ3) is 2.77. The molecule has 1 aromatic carbocycles. The number of carbonyl (C=O) groups is 2. The van der Waals surface area contributed by atoms with Gasteiger partial charge in [0.15, 0.2) is 0 Å². The molecule has 2 bridgehead atoms. The van der Waals surface area contributed by atoms with Crippen molar-refractivity contribution in [3.8, 4) is 0 Å². The Morgan fingerprint density at radius 1 is 1.29 bits per heavy atom. The molecule has 3 atom stereocenters. The zero-order valence-electron chi connectivity index (χ0n) is 11.6. The van der Waals surface area contributed by atoms with Crippen molar-refractivity contribution in [2.24, 2.45) is 17.8 Å². The van der Waals surface area contributed by atoms with Gasteiger partial charge in [0.1, 0.15) is 5.82 Å². The second kappa shape index (κ2) is 5.47. The zero-order chi connectivity index (χ0) is 15.0. The number of halogens is 1. The second-order valence-electron chi connectivity index (χ2n) is 6.15. The van der Waals surface area contributed by atoms with Crippen molar-refractivity contribution >= 4 is 17.6 Å². The maximum absolute atomic E-state index is 13.8. The number of fused-ring (bicyclic) bond motifs is 2. The summed E-state index contributed by atoms with van der Waals surface area (Å²) in [6.07, 6.45) is 5.08. The van der Waals surface area contributed by atoms with E-state index in [0.717, 1.165) is 18.4 Å². The van der Waals surface area contributed by atoms with Gasteiger partial charge in [0.2, 0.25) is 5.91 Å². The minimum absolute atomic E-state index is 0.212. The number of nitrogens with one attached hydrogen (secondary N) is 1. The maximum atomic E-state index is 13.8. The first-order valence-electron chi connectivity index (χ1n) is 7.36. The van der Waals surface area contributed by atoms with E-state index >= 15 is 0 Å². The molecule has 21 heavy (non-hydrogen) atoms. The monoisotopic (exact) mass is 291 g/mol. The lowest BCUT2D eigenvalue weighted by Crippen LogP contribution is -2.22. The van der Waals surface area contributed by atoms with Crippen LogP contribution in [0.3, 0.4) is 0 Å². The minimum Gasteiger partial charge on any atom is -0.478 e. The Labute approximate surface area is 122 Å². The van der Waals surface area contributed by atoms with E-state index in [1.54, 1.807) is 0 Å². The quantitative estimate of drug-likeness (QED) is 0.894. The first-order valence-corrected chi connectivity index (χ1v) is 7.36. The summed E-state index contributed by atoms with van der Waals surface area (Å²) in [7, 11) is 0. The topological polar surface area (TPSA) is 66.4 Å². The number of hydrogen-bond donors (Lipinski definition) is 2. The molecule has 2 aliphatic rings. The van der Waals surface area contributed by atoms with Gasteiger partial charge < -0.3 is 10.4 Å². The average Bonchev–Trinajstić information content (AvgIpc) is 3.03. The summed E-state index contributed by atoms with van der Waals surface area (Å²) in [4.78, 5) is 23.2. The SMILES string of the molecule is O=C(CC1CC2CCC1C2)Nc1c(F)cccc1C(=O)O. The van der Waals surface area contributed by atoms with E-state index in [0.29, 0.717) is 18.3 Å². The Morgan fingerprint density at radius 3 is 2.71 bits per heavy atom. The fourth-order valence-electron chi connectivity index (χ4n) is 3.88. The van der Waals surface area contributed by atoms with Gasteiger partial charge in [-0.2, -0.15) is 0 Å². The Morgan fingerprint density at radius 2 is 2.10 bits per heavy atom. The van der Waals surface area contributed by atoms with E-state index in [1.807, 2.05) is 0 Å². The number of anilines is 1. The summed E-state index contributed by atoms with van der Waals surface area (Å²) in [5, 5.41) is 11.5. The highest BCUT2D eigenvalue weighted by Gasteiger charge is 2.40. The van der Waals surface area contributed by atoms with Gasteiger partial charge in [-0.15, -0.1) is 0 Å². The summed E-state index contributed by atoms with van der Waals surface area (Å²) >= 11 is 0. The normalized spacial score (nSPS) is 26.8. The Kier molecular flexibility index (Phi) is 3.66. The van der Waals surface area contributed by atoms with Crippen LogP contribution in [0.4, 0.5) is 10.1 Å². The summed E-state index contributed by atoms with van der Waals surface area (Å²) in [5.41, 5.74) is -0.436. The molecule has 0 heterocycles. The van der Waals surface area contributed by atoms with E-state index in [2.05, 4.69) is 5.32 Å². The predicted octanol–water partition coefficient (Wildman–Crippen LogP) is 3.29. The maximum Gasteiger partial charge on any atom is 0.337 e. The lowest BCUT2D eigenvalue weighted by molar-refractivity contribution is -0.117. The van der Waals surface area contributed by atoms with E-state index in [1.165, 1.54) is 31.4 Å². The number of amides is 1. The molecule has 1 aromatic rings. The number of carbonyl (C=O) groups excluding carboxylic acids is 1. The number of hydrogen-bond acceptors (Lipinski definition) is 2. The second-order valence-corrected chi connectivity index (χ2v) is 6.15. The van der Waals surface area contributed by atoms with Gasteiger partial charge in [-0.1, -0.05) is 12.5 Å². The van der Waals surface area contributed by atoms with Crippen LogP contribution >= 0.6 is 0 Å². The van der Waals surface area contributed by atoms with Crippen molar-refractivity contribution in [2.75, 3.05) is 5.32 Å². The van der Waals surface area contributed by atoms with Crippen LogP contribution in [0, 0.1) is 23.6 Å². The first-order chi connectivity index (χ1) is 10.0. The number of rotatable bonds is 4. The fraction of sp³-hybridized carbons (Fsp3) is 0.500. The molecule has 0 aromatic heterocycles. The van der Waals surface area contributed by atoms with Crippen molar-refractivity contribution in [3.63, 3.8) is 0 Å². The van der Waals surface area contributed by atoms with Crippen LogP contribution in [0.1, 0.15) is 42.5 Å². The van der Waals surface area contributed by atoms with Crippen LogP contribution < -0.4 is 5.32 Å². The lowest BCUT2D eigenvalue weighted by Gasteiger charge is -2.21. The van der Waals surface area contributed by atoms with Gasteiger partial charge in [-0.25, -0.2) is 9.18 Å². The van der Waals surface area contributed by atoms with Crippen molar-refractivity contribution < 1.29 is 19.1 Å². The molecule has 3 rings (SSSR count). The summed E-state index contributed by atoms with van der Waals surface area (Å²) < 4.78 is 13.8. The molecule has 0 radical (unpaired) electrons. The molecule has 2 fully saturated rings. The summed E-state index contributed by atoms with van der Waals surface area (Å²) in [5.74, 6) is -0.527. The standard InChI is InChI=1S/C16H18FNO3/c17-13-3-1-2-12(16(20)21)15(13)18-14(19)8-11-7-9-4-5-10(11)6-9/h1-3,9-11H,4-8H2,(H,18,19)(H,20,21). The molecular formula is C16H18FNO3. The van der Waals surface area contributed by atoms with Crippen molar-refractivity contribution in [3.05, 3.63) is 29.6 Å². The average molecular weight is 291 g/mol. The minimum atomic E-state index is -1.25. The number of benzene rings is 1. The van der Waals surface area contributed by atoms with E-state index < -0.39 is 11.8 Å². The number of carboxylic acid groups (broad SMARTS) is 1. The third-order valence-corrected chi connectivity index (χ3v) is 4.84. The number of aromatic carboxylic acids is 1. The number of carboxylic acids is 1. The third-order valence-electron chi connectivity index (χ3n) is 4.84. The van der Waals surface area contributed by atoms with Gasteiger partial charge in [0.25, 0.3) is 0 Å². The van der Waals surface area contributed by atoms with E-state index in [4.69, 9.17) is 5.11 Å². The fourth-order valence-corrected chi connectivity index (χ4v) is 3.88. The van der Waals surface area contributed by atoms with Crippen LogP contribution in [0.25, 0.3) is 0 Å². The van der Waals surface area contributed by atoms with Crippen molar-refractivity contribution in [2.45, 2.75) is 32.1 Å². The first kappa shape index (κ1) is 14.0. The Hall–Kier alpha value is -1.91. The molecule has 112 valence electrons. The van der Waals surface area contributed by atoms with Gasteiger partial charge in [0, 0.05) is 6.42 Å². The highest BCUT2D eigenvalue weighted by atomic mass is 19.1. The van der Waals surface area contributed by atoms with Crippen molar-refractivity contribution in [1.29, 1.82) is 0 Å². The van der Waals surface area contributed by atoms with Gasteiger partial charge in [-0.3, -0.25) is 4.79 Å². The van der Waals surface area contributed by atoms with Gasteiger partial charge >= 0.3 is 5.97 Å². The van der Waals surface area contributed by atoms with Gasteiger partial charge in [0.05, 0.1) is 11.3 Å². The smallest absolute Gasteiger partial charge is 0.337 e. The highest BCUT2D eigenvalue weighted by molar-refractivity contribution is 6.00. The molecule has 1 amide bonds. The summed E-state index contributed by atoms with van der Waals surface area (Å²) in [6, 6.07) is 3.77. The Balaban J connectivity index is 1.69. The molecule has 3 unspecified atom stereocenters. The molecule has 5 heteroatoms. The molecule has 2 N–H and O–H groups in total. The van der Waals surface area contributed by atoms with E-state index in [9.17, 15) is 14.0 Å². The largest absolute Gasteiger partial charge is 0.478 e. The van der Waals surface area contributed by atoms with Crippen LogP contribution in [-0.4, -0.2) is 17.0 Å². The summed E-state index contributed by atoms with van der Waals surface area (Å²) in [6.45, 7) is 0. The molecule has 2 aliphatic carbocycles. The zero-order valence-corrected chi connectivity index (χ0v) is 11.6. The van der Waals surface area contributed by atoms with E-state index in [-0.39, 0.29) is 17.2 Å². The highest BCUT2D eigenvalue weighted by Crippen LogP contribution is 2.49. The van der Waals surface area contributed by atoms with Crippen molar-refractivity contribution in [1.82, 2.24) is 0 Å². The lowest BCUT2D eigenvalue weighted by atomic mass is 9.86. The molecule has 4 nitrogen and oxygen atoms in total. The Bertz CT molecular complexity index is 587. The van der Waals surface area contributed by atoms with Gasteiger partial charge in [-0.05, 0) is 49.1 Å². The number of para-hydroxylation sites is 1. The molecule has 2 saturated carbocycles. The molecule has 0 saturated heterocycles. The van der Waals surface area contributed by atoms with Crippen LogP contribution in [0.15, 0.2) is 18.2 Å². The van der Waals surface area contributed by atoms with Crippen LogP contribution in [0.2, 0.25) is 0 Å².